The lowest BCUT2D eigenvalue weighted by atomic mass is 10.0. The summed E-state index contributed by atoms with van der Waals surface area (Å²) in [6.07, 6.45) is 1.12. The number of nitrogens with two attached hydrogens (primary N) is 1. The van der Waals surface area contributed by atoms with E-state index in [-0.39, 0.29) is 18.0 Å². The molecule has 0 radical (unpaired) electrons. The monoisotopic (exact) mass is 339 g/mol. The number of ether oxygens (including phenoxy) is 1. The van der Waals surface area contributed by atoms with Crippen LogP contribution in [-0.4, -0.2) is 12.1 Å². The summed E-state index contributed by atoms with van der Waals surface area (Å²) in [4.78, 5) is 11.8. The highest BCUT2D eigenvalue weighted by Crippen LogP contribution is 2.51. The highest BCUT2D eigenvalue weighted by Gasteiger charge is 2.63. The predicted molar refractivity (Wildman–Crippen MR) is 83.1 cm³/mol. The number of rotatable bonds is 5. The van der Waals surface area contributed by atoms with Crippen molar-refractivity contribution in [3.8, 4) is 0 Å². The normalized spacial score (nSPS) is 28.5. The fourth-order valence-electron chi connectivity index (χ4n) is 2.52. The molecule has 1 saturated carbocycles. The highest BCUT2D eigenvalue weighted by atomic mass is 79.9. The second kappa shape index (κ2) is 5.86. The average molecular weight is 340 g/mol. The van der Waals surface area contributed by atoms with Crippen molar-refractivity contribution < 1.29 is 9.53 Å². The molecular weight excluding hydrogens is 318 g/mol. The molecule has 3 unspecified atom stereocenters. The van der Waals surface area contributed by atoms with E-state index in [2.05, 4.69) is 29.8 Å². The summed E-state index contributed by atoms with van der Waals surface area (Å²) in [5.74, 6) is 0.528. The van der Waals surface area contributed by atoms with E-state index in [4.69, 9.17) is 10.5 Å². The molecule has 0 bridgehead atoms. The number of esters is 1. The van der Waals surface area contributed by atoms with Crippen LogP contribution < -0.4 is 5.73 Å². The smallest absolute Gasteiger partial charge is 0.306 e. The third kappa shape index (κ3) is 3.07. The molecule has 2 N–H and O–H groups in total. The Bertz CT molecular complexity index is 486. The molecule has 0 aliphatic heterocycles. The van der Waals surface area contributed by atoms with Gasteiger partial charge in [-0.1, -0.05) is 48.8 Å². The second-order valence-electron chi connectivity index (χ2n) is 6.07. The van der Waals surface area contributed by atoms with Gasteiger partial charge in [-0.2, -0.15) is 0 Å². The Balaban J connectivity index is 1.98. The topological polar surface area (TPSA) is 52.3 Å². The van der Waals surface area contributed by atoms with Crippen molar-refractivity contribution in [3.63, 3.8) is 0 Å². The van der Waals surface area contributed by atoms with Gasteiger partial charge in [-0.05, 0) is 30.0 Å². The molecule has 20 heavy (non-hydrogen) atoms. The largest absolute Gasteiger partial charge is 0.460 e. The first-order valence-electron chi connectivity index (χ1n) is 7.10. The third-order valence-corrected chi connectivity index (χ3v) is 4.63. The van der Waals surface area contributed by atoms with Crippen molar-refractivity contribution >= 4 is 21.9 Å². The van der Waals surface area contributed by atoms with Gasteiger partial charge in [-0.3, -0.25) is 4.79 Å². The molecule has 1 aromatic carbocycles. The van der Waals surface area contributed by atoms with Gasteiger partial charge in [-0.15, -0.1) is 0 Å². The molecule has 4 heteroatoms. The molecule has 1 fully saturated rings. The number of benzene rings is 1. The minimum absolute atomic E-state index is 0.139. The average Bonchev–Trinajstić information content (AvgIpc) is 2.91. The molecule has 3 atom stereocenters. The first-order valence-corrected chi connectivity index (χ1v) is 7.89. The summed E-state index contributed by atoms with van der Waals surface area (Å²) >= 11 is 3.41. The van der Waals surface area contributed by atoms with Crippen LogP contribution in [0.4, 0.5) is 0 Å². The Morgan fingerprint density at radius 2 is 2.00 bits per heavy atom. The van der Waals surface area contributed by atoms with E-state index >= 15 is 0 Å². The maximum Gasteiger partial charge on any atom is 0.306 e. The molecule has 1 aromatic rings. The first kappa shape index (κ1) is 15.5. The van der Waals surface area contributed by atoms with E-state index in [1.54, 1.807) is 0 Å². The van der Waals surface area contributed by atoms with Crippen molar-refractivity contribution in [1.82, 2.24) is 0 Å². The zero-order valence-electron chi connectivity index (χ0n) is 12.2. The summed E-state index contributed by atoms with van der Waals surface area (Å²) in [5, 5.41) is 0. The van der Waals surface area contributed by atoms with Crippen LogP contribution in [0.25, 0.3) is 0 Å². The molecule has 0 saturated heterocycles. The molecule has 0 amide bonds. The standard InChI is InChI=1S/C16H22BrNO2/c1-10(2)4-9-14(19)20-15-11(3)16(15,18)12-5-7-13(17)8-6-12/h5-8,10-11,15H,4,9,18H2,1-3H3. The van der Waals surface area contributed by atoms with E-state index in [1.165, 1.54) is 0 Å². The maximum atomic E-state index is 11.8. The van der Waals surface area contributed by atoms with Gasteiger partial charge in [-0.25, -0.2) is 0 Å². The number of hydrogen-bond donors (Lipinski definition) is 1. The number of hydrogen-bond acceptors (Lipinski definition) is 3. The Morgan fingerprint density at radius 1 is 1.40 bits per heavy atom. The van der Waals surface area contributed by atoms with Crippen LogP contribution in [0.15, 0.2) is 28.7 Å². The fraction of sp³-hybridized carbons (Fsp3) is 0.562. The molecule has 0 spiro atoms. The van der Waals surface area contributed by atoms with Crippen LogP contribution in [0.3, 0.4) is 0 Å². The first-order chi connectivity index (χ1) is 9.35. The Morgan fingerprint density at radius 3 is 2.55 bits per heavy atom. The van der Waals surface area contributed by atoms with E-state index in [0.717, 1.165) is 16.5 Å². The van der Waals surface area contributed by atoms with Crippen molar-refractivity contribution in [1.29, 1.82) is 0 Å². The Kier molecular flexibility index (Phi) is 4.55. The van der Waals surface area contributed by atoms with Crippen LogP contribution in [0.2, 0.25) is 0 Å². The molecule has 3 nitrogen and oxygen atoms in total. The minimum atomic E-state index is -0.534. The van der Waals surface area contributed by atoms with Crippen LogP contribution in [-0.2, 0) is 15.1 Å². The van der Waals surface area contributed by atoms with Gasteiger partial charge in [0.1, 0.15) is 6.10 Å². The Hall–Kier alpha value is -0.870. The zero-order chi connectivity index (χ0) is 14.9. The van der Waals surface area contributed by atoms with Crippen LogP contribution in [0.5, 0.6) is 0 Å². The number of carbonyl (C=O) groups is 1. The van der Waals surface area contributed by atoms with Crippen LogP contribution >= 0.6 is 15.9 Å². The lowest BCUT2D eigenvalue weighted by Crippen LogP contribution is -2.27. The highest BCUT2D eigenvalue weighted by molar-refractivity contribution is 9.10. The Labute approximate surface area is 129 Å². The summed E-state index contributed by atoms with van der Waals surface area (Å²) in [5.41, 5.74) is 6.91. The molecule has 0 heterocycles. The van der Waals surface area contributed by atoms with Crippen LogP contribution in [0.1, 0.15) is 39.2 Å². The van der Waals surface area contributed by atoms with Crippen molar-refractivity contribution in [2.24, 2.45) is 17.6 Å². The van der Waals surface area contributed by atoms with Crippen molar-refractivity contribution in [2.45, 2.75) is 45.3 Å². The van der Waals surface area contributed by atoms with Crippen LogP contribution in [0, 0.1) is 11.8 Å². The number of carbonyl (C=O) groups excluding carboxylic acids is 1. The van der Waals surface area contributed by atoms with Crippen molar-refractivity contribution in [3.05, 3.63) is 34.3 Å². The van der Waals surface area contributed by atoms with Gasteiger partial charge < -0.3 is 10.5 Å². The number of halogens is 1. The summed E-state index contributed by atoms with van der Waals surface area (Å²) in [6.45, 7) is 6.23. The predicted octanol–water partition coefficient (Wildman–Crippen LogP) is 3.60. The van der Waals surface area contributed by atoms with Gasteiger partial charge in [0, 0.05) is 16.8 Å². The molecule has 2 rings (SSSR count). The quantitative estimate of drug-likeness (QED) is 0.834. The summed E-state index contributed by atoms with van der Waals surface area (Å²) in [6, 6.07) is 7.91. The lowest BCUT2D eigenvalue weighted by molar-refractivity contribution is -0.146. The molecular formula is C16H22BrNO2. The van der Waals surface area contributed by atoms with Gasteiger partial charge in [0.25, 0.3) is 0 Å². The van der Waals surface area contributed by atoms with Gasteiger partial charge >= 0.3 is 5.97 Å². The molecule has 1 aliphatic carbocycles. The zero-order valence-corrected chi connectivity index (χ0v) is 13.8. The molecule has 1 aliphatic rings. The third-order valence-electron chi connectivity index (χ3n) is 4.10. The van der Waals surface area contributed by atoms with E-state index in [0.29, 0.717) is 12.3 Å². The maximum absolute atomic E-state index is 11.8. The van der Waals surface area contributed by atoms with Crippen molar-refractivity contribution in [2.75, 3.05) is 0 Å². The van der Waals surface area contributed by atoms with E-state index < -0.39 is 5.54 Å². The van der Waals surface area contributed by atoms with Gasteiger partial charge in [0.15, 0.2) is 0 Å². The molecule has 110 valence electrons. The minimum Gasteiger partial charge on any atom is -0.460 e. The lowest BCUT2D eigenvalue weighted by Gasteiger charge is -2.13. The van der Waals surface area contributed by atoms with E-state index in [9.17, 15) is 4.79 Å². The van der Waals surface area contributed by atoms with Gasteiger partial charge in [0.2, 0.25) is 0 Å². The fourth-order valence-corrected chi connectivity index (χ4v) is 2.78. The van der Waals surface area contributed by atoms with E-state index in [1.807, 2.05) is 31.2 Å². The summed E-state index contributed by atoms with van der Waals surface area (Å²) < 4.78 is 6.57. The SMILES string of the molecule is CC(C)CCC(=O)OC1C(C)C1(N)c1ccc(Br)cc1. The molecule has 0 aromatic heterocycles. The summed E-state index contributed by atoms with van der Waals surface area (Å²) in [7, 11) is 0. The second-order valence-corrected chi connectivity index (χ2v) is 6.99. The van der Waals surface area contributed by atoms with Gasteiger partial charge in [0.05, 0.1) is 5.54 Å².